The highest BCUT2D eigenvalue weighted by molar-refractivity contribution is 5.34. The first-order valence-electron chi connectivity index (χ1n) is 5.72. The van der Waals surface area contributed by atoms with Gasteiger partial charge in [0.1, 0.15) is 0 Å². The summed E-state index contributed by atoms with van der Waals surface area (Å²) in [6, 6.07) is 6.08. The van der Waals surface area contributed by atoms with E-state index in [9.17, 15) is 5.11 Å². The van der Waals surface area contributed by atoms with Gasteiger partial charge in [-0.25, -0.2) is 0 Å². The second-order valence-corrected chi connectivity index (χ2v) is 5.46. The van der Waals surface area contributed by atoms with Crippen molar-refractivity contribution in [2.75, 3.05) is 6.54 Å². The summed E-state index contributed by atoms with van der Waals surface area (Å²) in [4.78, 5) is 0. The molecule has 0 saturated heterocycles. The second-order valence-electron chi connectivity index (χ2n) is 5.46. The zero-order chi connectivity index (χ0) is 12.6. The van der Waals surface area contributed by atoms with Gasteiger partial charge in [0.05, 0.1) is 5.60 Å². The maximum absolute atomic E-state index is 10.6. The van der Waals surface area contributed by atoms with Gasteiger partial charge in [0.25, 0.3) is 0 Å². The van der Waals surface area contributed by atoms with Crippen LogP contribution in [0.1, 0.15) is 37.5 Å². The molecule has 0 aliphatic heterocycles. The van der Waals surface area contributed by atoms with Gasteiger partial charge in [-0.2, -0.15) is 0 Å². The van der Waals surface area contributed by atoms with Crippen LogP contribution in [0, 0.1) is 19.3 Å². The largest absolute Gasteiger partial charge is 0.385 e. The van der Waals surface area contributed by atoms with Gasteiger partial charge in [0, 0.05) is 12.0 Å². The normalized spacial score (nSPS) is 15.9. The molecule has 1 rings (SSSR count). The maximum Gasteiger partial charge on any atom is 0.0931 e. The van der Waals surface area contributed by atoms with E-state index >= 15 is 0 Å². The molecule has 0 saturated carbocycles. The summed E-state index contributed by atoms with van der Waals surface area (Å²) >= 11 is 0. The van der Waals surface area contributed by atoms with Gasteiger partial charge in [-0.3, -0.25) is 0 Å². The molecule has 0 heterocycles. The predicted octanol–water partition coefficient (Wildman–Crippen LogP) is 2.50. The van der Waals surface area contributed by atoms with Crippen LogP contribution in [0.5, 0.6) is 0 Å². The Morgan fingerprint density at radius 3 is 2.12 bits per heavy atom. The molecule has 0 aliphatic carbocycles. The summed E-state index contributed by atoms with van der Waals surface area (Å²) in [6.07, 6.45) is 0. The summed E-state index contributed by atoms with van der Waals surface area (Å²) in [5.41, 5.74) is 7.87. The maximum atomic E-state index is 10.6. The molecular formula is C14H23NO. The van der Waals surface area contributed by atoms with E-state index in [1.807, 2.05) is 39.0 Å². The Labute approximate surface area is 98.5 Å². The number of aliphatic hydroxyl groups is 1. The molecular weight excluding hydrogens is 198 g/mol. The molecule has 2 nitrogen and oxygen atoms in total. The number of hydrogen-bond acceptors (Lipinski definition) is 2. The molecule has 0 aromatic heterocycles. The van der Waals surface area contributed by atoms with Crippen molar-refractivity contribution in [2.24, 2.45) is 11.1 Å². The van der Waals surface area contributed by atoms with E-state index in [2.05, 4.69) is 13.8 Å². The summed E-state index contributed by atoms with van der Waals surface area (Å²) in [7, 11) is 0. The molecule has 3 N–H and O–H groups in total. The van der Waals surface area contributed by atoms with Crippen molar-refractivity contribution in [3.63, 3.8) is 0 Å². The van der Waals surface area contributed by atoms with Crippen LogP contribution in [0.25, 0.3) is 0 Å². The summed E-state index contributed by atoms with van der Waals surface area (Å²) in [6.45, 7) is 10.4. The molecule has 1 unspecified atom stereocenters. The number of nitrogens with two attached hydrogens (primary N) is 1. The molecule has 0 bridgehead atoms. The topological polar surface area (TPSA) is 46.2 Å². The van der Waals surface area contributed by atoms with Crippen molar-refractivity contribution in [2.45, 2.75) is 40.2 Å². The third-order valence-corrected chi connectivity index (χ3v) is 3.90. The van der Waals surface area contributed by atoms with Crippen molar-refractivity contribution >= 4 is 0 Å². The summed E-state index contributed by atoms with van der Waals surface area (Å²) in [5.74, 6) is 0. The minimum Gasteiger partial charge on any atom is -0.385 e. The van der Waals surface area contributed by atoms with Crippen molar-refractivity contribution in [1.82, 2.24) is 0 Å². The first-order chi connectivity index (χ1) is 7.22. The van der Waals surface area contributed by atoms with E-state index in [-0.39, 0.29) is 5.41 Å². The molecule has 0 spiro atoms. The highest BCUT2D eigenvalue weighted by atomic mass is 16.3. The van der Waals surface area contributed by atoms with Gasteiger partial charge in [0.15, 0.2) is 0 Å². The molecule has 16 heavy (non-hydrogen) atoms. The van der Waals surface area contributed by atoms with Gasteiger partial charge in [0.2, 0.25) is 0 Å². The SMILES string of the molecule is Cc1ccc(C(C)(O)C(C)(C)CN)cc1C. The van der Waals surface area contributed by atoms with E-state index in [0.717, 1.165) is 5.56 Å². The second kappa shape index (κ2) is 4.19. The van der Waals surface area contributed by atoms with Crippen LogP contribution in [-0.2, 0) is 5.60 Å². The molecule has 0 aliphatic rings. The van der Waals surface area contributed by atoms with E-state index < -0.39 is 5.60 Å². The van der Waals surface area contributed by atoms with Crippen LogP contribution in [-0.4, -0.2) is 11.7 Å². The zero-order valence-corrected chi connectivity index (χ0v) is 11.0. The van der Waals surface area contributed by atoms with Crippen molar-refractivity contribution in [3.05, 3.63) is 34.9 Å². The van der Waals surface area contributed by atoms with Crippen LogP contribution in [0.15, 0.2) is 18.2 Å². The minimum atomic E-state index is -0.903. The number of hydrogen-bond donors (Lipinski definition) is 2. The smallest absolute Gasteiger partial charge is 0.0931 e. The van der Waals surface area contributed by atoms with Crippen LogP contribution in [0.4, 0.5) is 0 Å². The number of aryl methyl sites for hydroxylation is 2. The fourth-order valence-corrected chi connectivity index (χ4v) is 1.63. The van der Waals surface area contributed by atoms with E-state index in [4.69, 9.17) is 5.73 Å². The monoisotopic (exact) mass is 221 g/mol. The zero-order valence-electron chi connectivity index (χ0n) is 11.0. The summed E-state index contributed by atoms with van der Waals surface area (Å²) in [5, 5.41) is 10.6. The lowest BCUT2D eigenvalue weighted by atomic mass is 9.71. The summed E-state index contributed by atoms with van der Waals surface area (Å²) < 4.78 is 0. The van der Waals surface area contributed by atoms with Gasteiger partial charge in [-0.05, 0) is 37.5 Å². The average molecular weight is 221 g/mol. The van der Waals surface area contributed by atoms with Crippen molar-refractivity contribution in [1.29, 1.82) is 0 Å². The van der Waals surface area contributed by atoms with Gasteiger partial charge in [-0.15, -0.1) is 0 Å². The lowest BCUT2D eigenvalue weighted by molar-refractivity contribution is -0.0521. The molecule has 1 aromatic carbocycles. The Balaban J connectivity index is 3.22. The highest BCUT2D eigenvalue weighted by Gasteiger charge is 2.39. The first-order valence-corrected chi connectivity index (χ1v) is 5.72. The van der Waals surface area contributed by atoms with Crippen LogP contribution >= 0.6 is 0 Å². The molecule has 0 fully saturated rings. The van der Waals surface area contributed by atoms with Crippen LogP contribution in [0.2, 0.25) is 0 Å². The van der Waals surface area contributed by atoms with E-state index in [0.29, 0.717) is 6.54 Å². The third-order valence-electron chi connectivity index (χ3n) is 3.90. The first kappa shape index (κ1) is 13.2. The Morgan fingerprint density at radius 1 is 1.12 bits per heavy atom. The fourth-order valence-electron chi connectivity index (χ4n) is 1.63. The molecule has 90 valence electrons. The van der Waals surface area contributed by atoms with Gasteiger partial charge >= 0.3 is 0 Å². The Hall–Kier alpha value is -0.860. The number of benzene rings is 1. The van der Waals surface area contributed by atoms with Crippen molar-refractivity contribution in [3.8, 4) is 0 Å². The van der Waals surface area contributed by atoms with Gasteiger partial charge < -0.3 is 10.8 Å². The molecule has 0 amide bonds. The minimum absolute atomic E-state index is 0.339. The van der Waals surface area contributed by atoms with Crippen molar-refractivity contribution < 1.29 is 5.11 Å². The lowest BCUT2D eigenvalue weighted by Gasteiger charge is -2.40. The Morgan fingerprint density at radius 2 is 1.69 bits per heavy atom. The van der Waals surface area contributed by atoms with Gasteiger partial charge in [-0.1, -0.05) is 32.0 Å². The quantitative estimate of drug-likeness (QED) is 0.823. The molecule has 2 heteroatoms. The van der Waals surface area contributed by atoms with E-state index in [1.54, 1.807) is 0 Å². The van der Waals surface area contributed by atoms with Crippen LogP contribution < -0.4 is 5.73 Å². The van der Waals surface area contributed by atoms with Crippen LogP contribution in [0.3, 0.4) is 0 Å². The Bertz CT molecular complexity index is 380. The highest BCUT2D eigenvalue weighted by Crippen LogP contribution is 2.38. The van der Waals surface area contributed by atoms with E-state index in [1.165, 1.54) is 11.1 Å². The Kier molecular flexibility index (Phi) is 3.46. The molecule has 1 aromatic rings. The third kappa shape index (κ3) is 2.13. The standard InChI is InChI=1S/C14H23NO/c1-10-6-7-12(8-11(10)2)14(5,16)13(3,4)9-15/h6-8,16H,9,15H2,1-5H3. The average Bonchev–Trinajstić information content (AvgIpc) is 2.21. The molecule has 1 atom stereocenters. The molecule has 0 radical (unpaired) electrons. The number of rotatable bonds is 3. The lowest BCUT2D eigenvalue weighted by Crippen LogP contribution is -2.44. The fraction of sp³-hybridized carbons (Fsp3) is 0.571. The predicted molar refractivity (Wildman–Crippen MR) is 68.3 cm³/mol.